The zero-order valence-electron chi connectivity index (χ0n) is 32.8. The zero-order chi connectivity index (χ0) is 40.1. The van der Waals surface area contributed by atoms with E-state index in [9.17, 15) is 22.9 Å². The van der Waals surface area contributed by atoms with Crippen molar-refractivity contribution in [2.45, 2.75) is 53.9 Å². The monoisotopic (exact) mass is 821 g/mol. The summed E-state index contributed by atoms with van der Waals surface area (Å²) in [5.74, 6) is 3.32. The Hall–Kier alpha value is -3.56. The second-order valence-corrected chi connectivity index (χ2v) is 19.3. The minimum atomic E-state index is -4.27. The van der Waals surface area contributed by atoms with Crippen LogP contribution in [0.3, 0.4) is 0 Å². The van der Waals surface area contributed by atoms with Crippen molar-refractivity contribution in [3.05, 3.63) is 103 Å². The van der Waals surface area contributed by atoms with Gasteiger partial charge in [0.25, 0.3) is 0 Å². The number of para-hydroxylation sites is 2. The third kappa shape index (κ3) is 13.3. The smallest absolute Gasteiger partial charge is 0.229 e. The number of aliphatic hydroxyl groups is 1. The minimum absolute atomic E-state index is 0.0296. The predicted molar refractivity (Wildman–Crippen MR) is 228 cm³/mol. The van der Waals surface area contributed by atoms with E-state index >= 15 is 0 Å². The maximum Gasteiger partial charge on any atom is 0.229 e. The number of fused-ring (bicyclic) bond motifs is 5. The molecule has 302 valence electrons. The molecule has 2 unspecified atom stereocenters. The van der Waals surface area contributed by atoms with Gasteiger partial charge in [-0.1, -0.05) is 53.7 Å². The number of rotatable bonds is 13. The van der Waals surface area contributed by atoms with Crippen LogP contribution in [0.5, 0.6) is 5.75 Å². The van der Waals surface area contributed by atoms with E-state index in [-0.39, 0.29) is 34.9 Å². The lowest BCUT2D eigenvalue weighted by atomic mass is 9.78. The Morgan fingerprint density at radius 1 is 0.929 bits per heavy atom. The van der Waals surface area contributed by atoms with Gasteiger partial charge in [0.1, 0.15) is 34.3 Å². The minimum Gasteiger partial charge on any atom is -0.744 e. The van der Waals surface area contributed by atoms with Gasteiger partial charge >= 0.3 is 0 Å². The average Bonchev–Trinajstić information content (AvgIpc) is 3.20. The van der Waals surface area contributed by atoms with E-state index in [1.54, 1.807) is 36.4 Å². The molecule has 2 N–H and O–H groups in total. The molecule has 1 amide bonds. The summed E-state index contributed by atoms with van der Waals surface area (Å²) >= 11 is 1.91. The number of carbonyl (C=O) groups excluding carboxylic acids is 1. The van der Waals surface area contributed by atoms with Crippen LogP contribution in [0.1, 0.15) is 31.7 Å². The second kappa shape index (κ2) is 21.3. The van der Waals surface area contributed by atoms with Gasteiger partial charge in [0.15, 0.2) is 0 Å². The molecule has 4 aromatic rings. The van der Waals surface area contributed by atoms with Gasteiger partial charge in [-0.05, 0) is 123 Å². The van der Waals surface area contributed by atoms with Crippen LogP contribution in [0.25, 0.3) is 0 Å². The van der Waals surface area contributed by atoms with Crippen LogP contribution in [0.4, 0.5) is 17.1 Å². The van der Waals surface area contributed by atoms with Crippen LogP contribution in [-0.2, 0) is 30.5 Å². The van der Waals surface area contributed by atoms with Crippen LogP contribution in [0.2, 0.25) is 0 Å². The first-order valence-corrected chi connectivity index (χ1v) is 23.5. The van der Waals surface area contributed by atoms with Gasteiger partial charge in [0.2, 0.25) is 5.91 Å². The standard InChI is InChI=1S/C20H22N2S.C16H25NO4S.C7H8O3S/c1-3-7-19-17(5-1)22(18-6-2-4-8-20(18)23-19)14-16-13-21-11-9-15(16)10-12-21;1-4-20-11-14(18)12-21-15-7-5-13(6-8-15)17-16(19)9-10-22(2)3;1-6-2-4-7(5-3-6)11(8,9)10/h1-8,15-16H,9-14H2;5-8,14,18H,4,9-12H2,1-3H3;2-5H,1H3,(H,8,9,10). The highest BCUT2D eigenvalue weighted by atomic mass is 32.2. The van der Waals surface area contributed by atoms with Crippen molar-refractivity contribution in [3.63, 3.8) is 0 Å². The summed E-state index contributed by atoms with van der Waals surface area (Å²) in [6.07, 6.45) is 6.94. The van der Waals surface area contributed by atoms with Crippen LogP contribution in [-0.4, -0.2) is 99.3 Å². The summed E-state index contributed by atoms with van der Waals surface area (Å²) in [7, 11) is -3.99. The summed E-state index contributed by atoms with van der Waals surface area (Å²) in [5.41, 5.74) is 4.47. The number of carbonyl (C=O) groups is 1. The molecule has 0 radical (unpaired) electrons. The van der Waals surface area contributed by atoms with Crippen LogP contribution >= 0.6 is 11.8 Å². The predicted octanol–water partition coefficient (Wildman–Crippen LogP) is 7.20. The molecule has 4 aromatic carbocycles. The van der Waals surface area contributed by atoms with Gasteiger partial charge in [-0.2, -0.15) is 0 Å². The number of benzene rings is 4. The molecular weight excluding hydrogens is 767 g/mol. The number of aryl methyl sites for hydroxylation is 1. The molecular formula is C43H55N3O7S3. The molecule has 0 aromatic heterocycles. The Morgan fingerprint density at radius 3 is 2.07 bits per heavy atom. The third-order valence-corrected chi connectivity index (χ3v) is 12.9. The highest BCUT2D eigenvalue weighted by molar-refractivity contribution is 7.99. The summed E-state index contributed by atoms with van der Waals surface area (Å²) in [5, 5.41) is 12.5. The second-order valence-electron chi connectivity index (χ2n) is 14.4. The first-order chi connectivity index (χ1) is 26.9. The normalized spacial score (nSPS) is 18.7. The summed E-state index contributed by atoms with van der Waals surface area (Å²) in [6.45, 7) is 9.82. The number of piperidine rings is 3. The number of anilines is 3. The molecule has 3 fully saturated rings. The molecule has 56 heavy (non-hydrogen) atoms. The van der Waals surface area contributed by atoms with Crippen molar-refractivity contribution in [1.82, 2.24) is 4.90 Å². The van der Waals surface area contributed by atoms with Crippen LogP contribution in [0, 0.1) is 18.8 Å². The first kappa shape index (κ1) is 43.6. The van der Waals surface area contributed by atoms with Gasteiger partial charge in [-0.15, -0.1) is 0 Å². The van der Waals surface area contributed by atoms with Crippen LogP contribution in [0.15, 0.2) is 112 Å². The fourth-order valence-electron chi connectivity index (χ4n) is 6.86. The lowest BCUT2D eigenvalue weighted by Crippen LogP contribution is -2.50. The van der Waals surface area contributed by atoms with Crippen molar-refractivity contribution in [3.8, 4) is 5.75 Å². The van der Waals surface area contributed by atoms with E-state index in [2.05, 4.69) is 76.2 Å². The maximum atomic E-state index is 11.7. The summed E-state index contributed by atoms with van der Waals surface area (Å²) < 4.78 is 41.7. The van der Waals surface area contributed by atoms with Gasteiger partial charge in [-0.25, -0.2) is 8.42 Å². The molecule has 4 heterocycles. The molecule has 4 aliphatic rings. The quantitative estimate of drug-likeness (QED) is 0.106. The molecule has 10 nitrogen and oxygen atoms in total. The lowest BCUT2D eigenvalue weighted by Gasteiger charge is -2.47. The van der Waals surface area contributed by atoms with Gasteiger partial charge in [-0.3, -0.25) is 4.79 Å². The SMILES string of the molecule is CCOCC(O)COc1ccc(NC(=O)CC[S+](C)C)cc1.Cc1ccc(S(=O)(=O)[O-])cc1.c1ccc2c(c1)Sc1ccccc1N2CC1CN2CCC1CC2. The third-order valence-electron chi connectivity index (χ3n) is 9.88. The average molecular weight is 822 g/mol. The van der Waals surface area contributed by atoms with Crippen molar-refractivity contribution in [2.24, 2.45) is 11.8 Å². The fourth-order valence-corrected chi connectivity index (χ4v) is 9.02. The Balaban J connectivity index is 0.000000171. The molecule has 0 spiro atoms. The molecule has 2 atom stereocenters. The molecule has 13 heteroatoms. The summed E-state index contributed by atoms with van der Waals surface area (Å²) in [6, 6.07) is 30.7. The molecule has 0 saturated carbocycles. The van der Waals surface area contributed by atoms with Gasteiger partial charge in [0, 0.05) is 35.2 Å². The molecule has 8 rings (SSSR count). The number of amides is 1. The zero-order valence-corrected chi connectivity index (χ0v) is 35.2. The Morgan fingerprint density at radius 2 is 1.54 bits per heavy atom. The van der Waals surface area contributed by atoms with Gasteiger partial charge < -0.3 is 34.2 Å². The first-order valence-electron chi connectivity index (χ1n) is 19.1. The van der Waals surface area contributed by atoms with E-state index in [0.29, 0.717) is 18.8 Å². The number of ether oxygens (including phenoxy) is 2. The van der Waals surface area contributed by atoms with Crippen molar-refractivity contribution >= 4 is 55.7 Å². The van der Waals surface area contributed by atoms with Crippen molar-refractivity contribution in [1.29, 1.82) is 0 Å². The lowest BCUT2D eigenvalue weighted by molar-refractivity contribution is -0.115. The van der Waals surface area contributed by atoms with Gasteiger partial charge in [0.05, 0.1) is 41.8 Å². The molecule has 0 aliphatic carbocycles. The van der Waals surface area contributed by atoms with Crippen LogP contribution < -0.4 is 15.0 Å². The van der Waals surface area contributed by atoms with E-state index in [4.69, 9.17) is 9.47 Å². The number of hydrogen-bond donors (Lipinski definition) is 2. The number of nitrogens with zero attached hydrogens (tertiary/aromatic N) is 2. The van der Waals surface area contributed by atoms with E-state index in [0.717, 1.165) is 35.4 Å². The Kier molecular flexibility index (Phi) is 16.5. The molecule has 4 aliphatic heterocycles. The highest BCUT2D eigenvalue weighted by Crippen LogP contribution is 2.49. The topological polar surface area (TPSA) is 131 Å². The molecule has 3 saturated heterocycles. The number of nitrogens with one attached hydrogen (secondary N) is 1. The number of hydrogen-bond acceptors (Lipinski definition) is 10. The van der Waals surface area contributed by atoms with Crippen molar-refractivity contribution in [2.75, 3.05) is 74.5 Å². The highest BCUT2D eigenvalue weighted by Gasteiger charge is 2.36. The van der Waals surface area contributed by atoms with E-state index in [1.165, 1.54) is 65.8 Å². The fraction of sp³-hybridized carbons (Fsp3) is 0.419. The van der Waals surface area contributed by atoms with E-state index < -0.39 is 16.2 Å². The Labute approximate surface area is 340 Å². The maximum absolute atomic E-state index is 11.7. The number of aliphatic hydroxyl groups excluding tert-OH is 1. The molecule has 2 bridgehead atoms. The largest absolute Gasteiger partial charge is 0.744 e. The van der Waals surface area contributed by atoms with Crippen molar-refractivity contribution < 1.29 is 32.3 Å². The Bertz CT molecular complexity index is 1890. The van der Waals surface area contributed by atoms with E-state index in [1.807, 2.05) is 25.6 Å². The summed E-state index contributed by atoms with van der Waals surface area (Å²) in [4.78, 5) is 19.6.